The van der Waals surface area contributed by atoms with Gasteiger partial charge in [0.2, 0.25) is 5.91 Å². The zero-order valence-corrected chi connectivity index (χ0v) is 17.4. The highest BCUT2D eigenvalue weighted by Crippen LogP contribution is 2.43. The number of esters is 1. The van der Waals surface area contributed by atoms with Crippen LogP contribution in [0.5, 0.6) is 0 Å². The van der Waals surface area contributed by atoms with Crippen molar-refractivity contribution in [1.82, 2.24) is 4.90 Å². The van der Waals surface area contributed by atoms with Gasteiger partial charge in [0.1, 0.15) is 14.9 Å². The molecule has 1 atom stereocenters. The highest BCUT2D eigenvalue weighted by molar-refractivity contribution is 7.21. The Kier molecular flexibility index (Phi) is 7.07. The maximum Gasteiger partial charge on any atom is 0.341 e. The molecule has 6 nitrogen and oxygen atoms in total. The fourth-order valence-electron chi connectivity index (χ4n) is 3.16. The highest BCUT2D eigenvalue weighted by Gasteiger charge is 2.27. The molecule has 0 bridgehead atoms. The lowest BCUT2D eigenvalue weighted by atomic mass is 10.0. The predicted molar refractivity (Wildman–Crippen MR) is 111 cm³/mol. The summed E-state index contributed by atoms with van der Waals surface area (Å²) in [5.41, 5.74) is 1.68. The summed E-state index contributed by atoms with van der Waals surface area (Å²) in [6.07, 6.45) is 0.0949. The van der Waals surface area contributed by atoms with E-state index in [1.165, 1.54) is 11.3 Å². The van der Waals surface area contributed by atoms with E-state index in [1.807, 2.05) is 42.2 Å². The zero-order chi connectivity index (χ0) is 20.1. The molecule has 28 heavy (non-hydrogen) atoms. The number of thiophene rings is 1. The first kappa shape index (κ1) is 20.8. The van der Waals surface area contributed by atoms with Gasteiger partial charge in [-0.1, -0.05) is 41.9 Å². The van der Waals surface area contributed by atoms with Crippen molar-refractivity contribution in [1.29, 1.82) is 0 Å². The van der Waals surface area contributed by atoms with Crippen molar-refractivity contribution in [3.63, 3.8) is 0 Å². The molecule has 2 aromatic rings. The number of halogens is 1. The van der Waals surface area contributed by atoms with Crippen molar-refractivity contribution in [2.75, 3.05) is 38.2 Å². The van der Waals surface area contributed by atoms with Gasteiger partial charge >= 0.3 is 5.97 Å². The molecule has 1 saturated heterocycles. The van der Waals surface area contributed by atoms with E-state index in [0.717, 1.165) is 5.56 Å². The third kappa shape index (κ3) is 4.91. The van der Waals surface area contributed by atoms with Gasteiger partial charge in [0.25, 0.3) is 0 Å². The second-order valence-corrected chi connectivity index (χ2v) is 8.13. The molecular formula is C20H23ClN2O4S. The number of hydrogen-bond acceptors (Lipinski definition) is 6. The van der Waals surface area contributed by atoms with Crippen LogP contribution in [0.1, 0.15) is 24.2 Å². The number of nitrogens with one attached hydrogen (secondary N) is 1. The number of amides is 1. The van der Waals surface area contributed by atoms with Gasteiger partial charge in [-0.25, -0.2) is 4.79 Å². The molecule has 1 aliphatic heterocycles. The van der Waals surface area contributed by atoms with Crippen LogP contribution in [0.15, 0.2) is 30.3 Å². The predicted octanol–water partition coefficient (Wildman–Crippen LogP) is 3.90. The molecule has 1 aromatic heterocycles. The summed E-state index contributed by atoms with van der Waals surface area (Å²) in [5.74, 6) is -0.697. The number of nitrogens with zero attached hydrogens (tertiary/aromatic N) is 1. The van der Waals surface area contributed by atoms with Crippen molar-refractivity contribution in [2.45, 2.75) is 20.0 Å². The fourth-order valence-corrected chi connectivity index (χ4v) is 4.54. The van der Waals surface area contributed by atoms with Gasteiger partial charge in [0.05, 0.1) is 25.9 Å². The van der Waals surface area contributed by atoms with Crippen molar-refractivity contribution < 1.29 is 19.1 Å². The molecule has 1 aromatic carbocycles. The topological polar surface area (TPSA) is 67.9 Å². The Bertz CT molecular complexity index is 840. The number of hydrogen-bond donors (Lipinski definition) is 1. The van der Waals surface area contributed by atoms with Crippen LogP contribution in [0.4, 0.5) is 5.00 Å². The average Bonchev–Trinajstić information content (AvgIpc) is 2.98. The van der Waals surface area contributed by atoms with Crippen molar-refractivity contribution in [2.24, 2.45) is 0 Å². The van der Waals surface area contributed by atoms with Gasteiger partial charge in [0.15, 0.2) is 0 Å². The van der Waals surface area contributed by atoms with Crippen LogP contribution < -0.4 is 5.32 Å². The zero-order valence-electron chi connectivity index (χ0n) is 15.9. The van der Waals surface area contributed by atoms with E-state index in [4.69, 9.17) is 21.1 Å². The summed E-state index contributed by atoms with van der Waals surface area (Å²) in [6.45, 7) is 6.18. The number of carbonyl (C=O) groups excluding carboxylic acids is 2. The van der Waals surface area contributed by atoms with E-state index in [9.17, 15) is 9.59 Å². The smallest absolute Gasteiger partial charge is 0.341 e. The molecule has 150 valence electrons. The molecule has 0 saturated carbocycles. The molecular weight excluding hydrogens is 400 g/mol. The molecule has 3 rings (SSSR count). The SMILES string of the molecule is CCOC(=O)c1c(NC(=O)CN2CCOC(C)C2)sc(Cl)c1-c1ccccc1. The third-order valence-corrected chi connectivity index (χ3v) is 5.67. The van der Waals surface area contributed by atoms with E-state index in [-0.39, 0.29) is 25.2 Å². The van der Waals surface area contributed by atoms with Crippen LogP contribution in [-0.2, 0) is 14.3 Å². The molecule has 1 fully saturated rings. The van der Waals surface area contributed by atoms with Crippen LogP contribution in [0, 0.1) is 0 Å². The summed E-state index contributed by atoms with van der Waals surface area (Å²) in [6, 6.07) is 9.38. The number of ether oxygens (including phenoxy) is 2. The van der Waals surface area contributed by atoms with Crippen LogP contribution in [0.2, 0.25) is 4.34 Å². The van der Waals surface area contributed by atoms with Crippen molar-refractivity contribution >= 4 is 39.8 Å². The third-order valence-electron chi connectivity index (χ3n) is 4.35. The Balaban J connectivity index is 1.86. The summed E-state index contributed by atoms with van der Waals surface area (Å²) in [5, 5.41) is 3.27. The molecule has 8 heteroatoms. The minimum absolute atomic E-state index is 0.0949. The molecule has 2 heterocycles. The van der Waals surface area contributed by atoms with E-state index in [0.29, 0.717) is 40.2 Å². The van der Waals surface area contributed by atoms with Crippen LogP contribution in [-0.4, -0.2) is 55.7 Å². The Morgan fingerprint density at radius 1 is 1.36 bits per heavy atom. The van der Waals surface area contributed by atoms with Gasteiger partial charge in [-0.05, 0) is 19.4 Å². The molecule has 0 spiro atoms. The monoisotopic (exact) mass is 422 g/mol. The lowest BCUT2D eigenvalue weighted by Crippen LogP contribution is -2.44. The summed E-state index contributed by atoms with van der Waals surface area (Å²) in [4.78, 5) is 27.3. The first-order chi connectivity index (χ1) is 13.5. The lowest BCUT2D eigenvalue weighted by molar-refractivity contribution is -0.119. The molecule has 1 aliphatic rings. The minimum atomic E-state index is -0.500. The number of morpholine rings is 1. The first-order valence-corrected chi connectivity index (χ1v) is 10.4. The Labute approximate surface area is 173 Å². The maximum absolute atomic E-state index is 12.6. The van der Waals surface area contributed by atoms with Gasteiger partial charge in [-0.15, -0.1) is 11.3 Å². The maximum atomic E-state index is 12.6. The quantitative estimate of drug-likeness (QED) is 0.715. The Morgan fingerprint density at radius 2 is 2.11 bits per heavy atom. The van der Waals surface area contributed by atoms with Gasteiger partial charge < -0.3 is 14.8 Å². The van der Waals surface area contributed by atoms with E-state index in [1.54, 1.807) is 6.92 Å². The Hall–Kier alpha value is -1.93. The van der Waals surface area contributed by atoms with Gasteiger partial charge in [0, 0.05) is 18.7 Å². The first-order valence-electron chi connectivity index (χ1n) is 9.18. The second kappa shape index (κ2) is 9.52. The summed E-state index contributed by atoms with van der Waals surface area (Å²) < 4.78 is 11.2. The highest BCUT2D eigenvalue weighted by atomic mass is 35.5. The second-order valence-electron chi connectivity index (χ2n) is 6.51. The molecule has 0 radical (unpaired) electrons. The summed E-state index contributed by atoms with van der Waals surface area (Å²) >= 11 is 7.63. The Morgan fingerprint density at radius 3 is 2.79 bits per heavy atom. The van der Waals surface area contributed by atoms with Gasteiger partial charge in [-0.3, -0.25) is 9.69 Å². The summed E-state index contributed by atoms with van der Waals surface area (Å²) in [7, 11) is 0. The largest absolute Gasteiger partial charge is 0.462 e. The van der Waals surface area contributed by atoms with Crippen molar-refractivity contribution in [3.05, 3.63) is 40.2 Å². The van der Waals surface area contributed by atoms with Crippen LogP contribution >= 0.6 is 22.9 Å². The number of rotatable bonds is 6. The standard InChI is InChI=1S/C20H23ClN2O4S/c1-3-26-20(25)17-16(14-7-5-4-6-8-14)18(21)28-19(17)22-15(24)12-23-9-10-27-13(2)11-23/h4-8,13H,3,9-12H2,1-2H3,(H,22,24). The fraction of sp³-hybridized carbons (Fsp3) is 0.400. The molecule has 1 amide bonds. The van der Waals surface area contributed by atoms with E-state index >= 15 is 0 Å². The van der Waals surface area contributed by atoms with Crippen LogP contribution in [0.25, 0.3) is 11.1 Å². The molecule has 1 unspecified atom stereocenters. The average molecular weight is 423 g/mol. The minimum Gasteiger partial charge on any atom is -0.462 e. The number of carbonyl (C=O) groups is 2. The number of anilines is 1. The van der Waals surface area contributed by atoms with Crippen molar-refractivity contribution in [3.8, 4) is 11.1 Å². The molecule has 1 N–H and O–H groups in total. The van der Waals surface area contributed by atoms with E-state index < -0.39 is 5.97 Å². The normalized spacial score (nSPS) is 17.3. The van der Waals surface area contributed by atoms with Gasteiger partial charge in [-0.2, -0.15) is 0 Å². The lowest BCUT2D eigenvalue weighted by Gasteiger charge is -2.30. The van der Waals surface area contributed by atoms with Crippen LogP contribution in [0.3, 0.4) is 0 Å². The van der Waals surface area contributed by atoms with E-state index in [2.05, 4.69) is 5.32 Å². The number of benzene rings is 1. The molecule has 0 aliphatic carbocycles.